The molecule has 6 nitrogen and oxygen atoms in total. The number of piperazine rings is 1. The van der Waals surface area contributed by atoms with Gasteiger partial charge in [0.15, 0.2) is 11.1 Å². The van der Waals surface area contributed by atoms with E-state index in [9.17, 15) is 8.42 Å². The number of pyridine rings is 1. The highest BCUT2D eigenvalue weighted by Gasteiger charge is 2.31. The third-order valence-corrected chi connectivity index (χ3v) is 7.56. The van der Waals surface area contributed by atoms with E-state index in [1.807, 2.05) is 31.2 Å². The van der Waals surface area contributed by atoms with E-state index in [4.69, 9.17) is 4.74 Å². The van der Waals surface area contributed by atoms with Gasteiger partial charge >= 0.3 is 0 Å². The second kappa shape index (κ2) is 8.62. The van der Waals surface area contributed by atoms with Crippen LogP contribution in [-0.2, 0) is 9.84 Å². The minimum Gasteiger partial charge on any atom is -0.494 e. The molecular weight excluding hydrogens is 398 g/mol. The van der Waals surface area contributed by atoms with Crippen molar-refractivity contribution in [2.45, 2.75) is 23.6 Å². The lowest BCUT2D eigenvalue weighted by Gasteiger charge is -2.34. The number of aromatic amines is 1. The number of aromatic nitrogens is 1. The van der Waals surface area contributed by atoms with Gasteiger partial charge in [-0.3, -0.25) is 0 Å². The van der Waals surface area contributed by atoms with E-state index in [2.05, 4.69) is 16.8 Å². The Morgan fingerprint density at radius 3 is 2.47 bits per heavy atom. The molecule has 0 unspecified atom stereocenters. The van der Waals surface area contributed by atoms with Gasteiger partial charge in [-0.2, -0.15) is 0 Å². The van der Waals surface area contributed by atoms with Crippen LogP contribution in [-0.4, -0.2) is 47.7 Å². The van der Waals surface area contributed by atoms with Crippen LogP contribution < -0.4 is 19.5 Å². The largest absolute Gasteiger partial charge is 0.494 e. The molecule has 4 rings (SSSR count). The fourth-order valence-electron chi connectivity index (χ4n) is 4.10. The predicted octanol–water partition coefficient (Wildman–Crippen LogP) is 1.61. The van der Waals surface area contributed by atoms with Gasteiger partial charge < -0.3 is 14.5 Å². The molecule has 30 heavy (non-hydrogen) atoms. The molecule has 2 heterocycles. The van der Waals surface area contributed by atoms with Gasteiger partial charge in [-0.05, 0) is 38.1 Å². The van der Waals surface area contributed by atoms with Crippen LogP contribution in [0, 0.1) is 0 Å². The number of likely N-dealkylation sites (N-methyl/N-ethyl adjacent to an activating group) is 1. The molecule has 0 bridgehead atoms. The van der Waals surface area contributed by atoms with E-state index < -0.39 is 9.84 Å². The summed E-state index contributed by atoms with van der Waals surface area (Å²) in [7, 11) is -3.68. The number of fused-ring (bicyclic) bond motifs is 1. The Morgan fingerprint density at radius 1 is 1.07 bits per heavy atom. The van der Waals surface area contributed by atoms with Gasteiger partial charge in [0.1, 0.15) is 5.75 Å². The van der Waals surface area contributed by atoms with Crippen LogP contribution in [0.5, 0.6) is 5.75 Å². The molecule has 0 saturated carbocycles. The molecule has 3 aromatic rings. The molecule has 0 atom stereocenters. The first-order valence-corrected chi connectivity index (χ1v) is 12.0. The van der Waals surface area contributed by atoms with Crippen molar-refractivity contribution in [2.75, 3.05) is 44.2 Å². The fraction of sp³-hybridized carbons (Fsp3) is 0.348. The fourth-order valence-corrected chi connectivity index (χ4v) is 5.58. The molecule has 0 spiro atoms. The van der Waals surface area contributed by atoms with Crippen molar-refractivity contribution >= 4 is 26.4 Å². The Hall–Kier alpha value is -2.64. The highest BCUT2D eigenvalue weighted by Crippen LogP contribution is 2.36. The van der Waals surface area contributed by atoms with E-state index in [-0.39, 0.29) is 0 Å². The number of ether oxygens (including phenoxy) is 1. The van der Waals surface area contributed by atoms with Crippen molar-refractivity contribution in [2.24, 2.45) is 0 Å². The zero-order valence-electron chi connectivity index (χ0n) is 17.5. The third kappa shape index (κ3) is 3.87. The van der Waals surface area contributed by atoms with Gasteiger partial charge in [0.2, 0.25) is 15.4 Å². The smallest absolute Gasteiger partial charge is 0.214 e. The molecule has 2 aromatic carbocycles. The lowest BCUT2D eigenvalue weighted by molar-refractivity contribution is -0.898. The molecule has 1 aliphatic heterocycles. The van der Waals surface area contributed by atoms with Crippen LogP contribution in [0.4, 0.5) is 5.69 Å². The minimum absolute atomic E-state index is 0.304. The maximum absolute atomic E-state index is 13.6. The lowest BCUT2D eigenvalue weighted by Crippen LogP contribution is -3.14. The van der Waals surface area contributed by atoms with E-state index in [0.29, 0.717) is 16.4 Å². The number of rotatable bonds is 6. The second-order valence-electron chi connectivity index (χ2n) is 7.55. The molecule has 1 aliphatic rings. The monoisotopic (exact) mass is 427 g/mol. The predicted molar refractivity (Wildman–Crippen MR) is 117 cm³/mol. The van der Waals surface area contributed by atoms with Crippen molar-refractivity contribution in [3.63, 3.8) is 0 Å². The van der Waals surface area contributed by atoms with Crippen LogP contribution in [0.3, 0.4) is 0 Å². The number of hydrogen-bond acceptors (Lipinski definition) is 4. The van der Waals surface area contributed by atoms with E-state index in [1.54, 1.807) is 35.4 Å². The number of hydrogen-bond donors (Lipinski definition) is 1. The summed E-state index contributed by atoms with van der Waals surface area (Å²) >= 11 is 0. The molecule has 1 fully saturated rings. The Kier molecular flexibility index (Phi) is 5.92. The molecule has 2 N–H and O–H groups in total. The number of nitrogens with one attached hydrogen (secondary N) is 2. The van der Waals surface area contributed by atoms with Crippen LogP contribution in [0.25, 0.3) is 10.9 Å². The van der Waals surface area contributed by atoms with Crippen molar-refractivity contribution in [1.82, 2.24) is 0 Å². The number of anilines is 1. The molecule has 0 radical (unpaired) electrons. The lowest BCUT2D eigenvalue weighted by atomic mass is 10.1. The van der Waals surface area contributed by atoms with E-state index in [0.717, 1.165) is 55.1 Å². The van der Waals surface area contributed by atoms with Crippen LogP contribution in [0.2, 0.25) is 0 Å². The minimum atomic E-state index is -3.68. The summed E-state index contributed by atoms with van der Waals surface area (Å²) in [6, 6.07) is 14.5. The topological polar surface area (TPSA) is 65.2 Å². The normalized spacial score (nSPS) is 15.5. The Morgan fingerprint density at radius 2 is 1.80 bits per heavy atom. The number of benzene rings is 2. The van der Waals surface area contributed by atoms with Crippen molar-refractivity contribution in [3.8, 4) is 5.75 Å². The summed E-state index contributed by atoms with van der Waals surface area (Å²) in [5.74, 6) is 0.742. The molecule has 7 heteroatoms. The summed E-state index contributed by atoms with van der Waals surface area (Å²) < 4.78 is 32.9. The quantitative estimate of drug-likeness (QED) is 0.649. The van der Waals surface area contributed by atoms with Crippen molar-refractivity contribution in [3.05, 3.63) is 54.7 Å². The maximum Gasteiger partial charge on any atom is 0.214 e. The molecule has 0 aliphatic carbocycles. The first-order valence-electron chi connectivity index (χ1n) is 10.5. The van der Waals surface area contributed by atoms with Crippen molar-refractivity contribution in [1.29, 1.82) is 0 Å². The van der Waals surface area contributed by atoms with Gasteiger partial charge in [0, 0.05) is 6.07 Å². The zero-order chi connectivity index (χ0) is 21.1. The average molecular weight is 428 g/mol. The maximum atomic E-state index is 13.6. The average Bonchev–Trinajstić information content (AvgIpc) is 2.79. The number of quaternary nitrogens is 1. The molecular formula is C23H29N3O3S+2. The number of H-pyrrole nitrogens is 1. The van der Waals surface area contributed by atoms with E-state index >= 15 is 0 Å². The molecule has 1 aromatic heterocycles. The molecule has 0 amide bonds. The van der Waals surface area contributed by atoms with Gasteiger partial charge in [-0.15, -0.1) is 0 Å². The number of sulfone groups is 1. The van der Waals surface area contributed by atoms with Gasteiger partial charge in [0.05, 0.1) is 55.3 Å². The van der Waals surface area contributed by atoms with Gasteiger partial charge in [-0.25, -0.2) is 13.4 Å². The third-order valence-electron chi connectivity index (χ3n) is 5.78. The Balaban J connectivity index is 1.91. The van der Waals surface area contributed by atoms with Crippen LogP contribution in [0.15, 0.2) is 64.5 Å². The zero-order valence-corrected chi connectivity index (χ0v) is 18.3. The Bertz CT molecular complexity index is 1130. The van der Waals surface area contributed by atoms with Gasteiger partial charge in [-0.1, -0.05) is 18.2 Å². The van der Waals surface area contributed by atoms with Crippen LogP contribution in [0.1, 0.15) is 13.8 Å². The highest BCUT2D eigenvalue weighted by atomic mass is 32.2. The highest BCUT2D eigenvalue weighted by molar-refractivity contribution is 7.91. The van der Waals surface area contributed by atoms with Gasteiger partial charge in [0.25, 0.3) is 0 Å². The first kappa shape index (κ1) is 20.6. The Labute approximate surface area is 178 Å². The second-order valence-corrected chi connectivity index (χ2v) is 9.47. The van der Waals surface area contributed by atoms with E-state index in [1.165, 1.54) is 0 Å². The molecule has 1 saturated heterocycles. The molecule has 158 valence electrons. The standard InChI is InChI=1S/C23H27N3O3S/c1-3-25-12-14-26(15-13-25)23-20-16-18(29-4-2)10-11-21(20)24-17-22(23)30(27,28)19-8-6-5-7-9-19/h5-11,16-17H,3-4,12-15H2,1-2H3/p+2. The summed E-state index contributed by atoms with van der Waals surface area (Å²) in [4.78, 5) is 7.58. The number of nitrogens with zero attached hydrogens (tertiary/aromatic N) is 1. The van der Waals surface area contributed by atoms with Crippen molar-refractivity contribution < 1.29 is 23.0 Å². The first-order chi connectivity index (χ1) is 14.5. The summed E-state index contributed by atoms with van der Waals surface area (Å²) in [5, 5.41) is 0.873. The summed E-state index contributed by atoms with van der Waals surface area (Å²) in [6.07, 6.45) is 1.64. The van der Waals surface area contributed by atoms with Crippen LogP contribution >= 0.6 is 0 Å². The SMILES string of the molecule is CCOc1ccc2[nH+]cc(S(=O)(=O)c3ccccc3)c(N3CC[NH+](CC)CC3)c2c1. The summed E-state index contributed by atoms with van der Waals surface area (Å²) in [6.45, 7) is 9.40. The summed E-state index contributed by atoms with van der Waals surface area (Å²) in [5.41, 5.74) is 1.66.